The number of aromatic hydroxyl groups is 1. The van der Waals surface area contributed by atoms with Gasteiger partial charge in [-0.3, -0.25) is 0 Å². The van der Waals surface area contributed by atoms with Gasteiger partial charge in [0.05, 0.1) is 12.7 Å². The van der Waals surface area contributed by atoms with Crippen molar-refractivity contribution in [3.8, 4) is 5.75 Å². The van der Waals surface area contributed by atoms with Crippen molar-refractivity contribution in [2.45, 2.75) is 13.5 Å². The summed E-state index contributed by atoms with van der Waals surface area (Å²) in [7, 11) is 1.32. The van der Waals surface area contributed by atoms with Gasteiger partial charge in [0, 0.05) is 23.7 Å². The van der Waals surface area contributed by atoms with Crippen molar-refractivity contribution in [3.05, 3.63) is 69.6 Å². The van der Waals surface area contributed by atoms with E-state index in [2.05, 4.69) is 5.32 Å². The predicted octanol–water partition coefficient (Wildman–Crippen LogP) is 3.21. The lowest BCUT2D eigenvalue weighted by Gasteiger charge is -2.12. The number of anilines is 1. The molecule has 2 N–H and O–H groups in total. The molecule has 1 aromatic heterocycles. The summed E-state index contributed by atoms with van der Waals surface area (Å²) in [6, 6.07) is 11.5. The summed E-state index contributed by atoms with van der Waals surface area (Å²) < 4.78 is 9.97. The second-order valence-corrected chi connectivity index (χ2v) is 5.62. The third kappa shape index (κ3) is 3.33. The number of benzene rings is 2. The molecule has 3 rings (SSSR count). The molecule has 3 aromatic rings. The minimum atomic E-state index is -0.476. The van der Waals surface area contributed by atoms with Gasteiger partial charge >= 0.3 is 11.6 Å². The predicted molar refractivity (Wildman–Crippen MR) is 94.0 cm³/mol. The second-order valence-electron chi connectivity index (χ2n) is 5.62. The van der Waals surface area contributed by atoms with Gasteiger partial charge in [-0.25, -0.2) is 9.59 Å². The van der Waals surface area contributed by atoms with E-state index in [-0.39, 0.29) is 12.3 Å². The Balaban J connectivity index is 1.98. The highest BCUT2D eigenvalue weighted by Crippen LogP contribution is 2.27. The number of esters is 1. The molecule has 0 fully saturated rings. The van der Waals surface area contributed by atoms with Crippen LogP contribution < -0.4 is 10.9 Å². The van der Waals surface area contributed by atoms with Crippen LogP contribution >= 0.6 is 0 Å². The van der Waals surface area contributed by atoms with E-state index in [0.717, 1.165) is 0 Å². The van der Waals surface area contributed by atoms with Crippen LogP contribution in [0.15, 0.2) is 51.7 Å². The number of fused-ring (bicyclic) bond motifs is 1. The maximum atomic E-state index is 11.8. The number of carbonyl (C=O) groups is 1. The van der Waals surface area contributed by atoms with E-state index in [1.54, 1.807) is 43.3 Å². The quantitative estimate of drug-likeness (QED) is 0.560. The number of carbonyl (C=O) groups excluding carboxylic acids is 1. The number of phenols is 1. The van der Waals surface area contributed by atoms with E-state index in [1.165, 1.54) is 13.2 Å². The van der Waals surface area contributed by atoms with Gasteiger partial charge in [0.25, 0.3) is 0 Å². The fourth-order valence-electron chi connectivity index (χ4n) is 2.63. The molecule has 2 aromatic carbocycles. The van der Waals surface area contributed by atoms with Crippen LogP contribution in [0.25, 0.3) is 11.0 Å². The first-order valence-corrected chi connectivity index (χ1v) is 7.67. The van der Waals surface area contributed by atoms with E-state index in [9.17, 15) is 14.7 Å². The van der Waals surface area contributed by atoms with Gasteiger partial charge in [-0.15, -0.1) is 0 Å². The van der Waals surface area contributed by atoms with Gasteiger partial charge in [-0.1, -0.05) is 12.1 Å². The van der Waals surface area contributed by atoms with Gasteiger partial charge in [0.15, 0.2) is 0 Å². The Kier molecular flexibility index (Phi) is 4.43. The summed E-state index contributed by atoms with van der Waals surface area (Å²) in [6.07, 6.45) is 0. The number of phenolic OH excluding ortho intramolecular Hbond substituents is 1. The van der Waals surface area contributed by atoms with Crippen molar-refractivity contribution in [2.75, 3.05) is 12.4 Å². The standard InChI is InChI=1S/C19H17NO5/c1-11-7-17-14(9-16(11)21)12(8-18(22)25-17)10-20-15-6-4-3-5-13(15)19(23)24-2/h3-9,20-21H,10H2,1-2H3. The van der Waals surface area contributed by atoms with Gasteiger partial charge in [0.2, 0.25) is 0 Å². The largest absolute Gasteiger partial charge is 0.508 e. The molecule has 0 saturated heterocycles. The summed E-state index contributed by atoms with van der Waals surface area (Å²) in [4.78, 5) is 23.6. The van der Waals surface area contributed by atoms with Crippen LogP contribution in [0.5, 0.6) is 5.75 Å². The molecule has 128 valence electrons. The number of hydrogen-bond donors (Lipinski definition) is 2. The lowest BCUT2D eigenvalue weighted by molar-refractivity contribution is 0.0602. The molecule has 0 saturated carbocycles. The molecule has 0 aliphatic carbocycles. The van der Waals surface area contributed by atoms with E-state index < -0.39 is 11.6 Å². The fraction of sp³-hybridized carbons (Fsp3) is 0.158. The molecule has 25 heavy (non-hydrogen) atoms. The first kappa shape index (κ1) is 16.6. The molecule has 0 spiro atoms. The molecule has 6 heteroatoms. The number of hydrogen-bond acceptors (Lipinski definition) is 6. The highest BCUT2D eigenvalue weighted by atomic mass is 16.5. The van der Waals surface area contributed by atoms with E-state index in [1.807, 2.05) is 0 Å². The van der Waals surface area contributed by atoms with Crippen LogP contribution in [-0.2, 0) is 11.3 Å². The van der Waals surface area contributed by atoms with Crippen LogP contribution in [0.3, 0.4) is 0 Å². The zero-order valence-electron chi connectivity index (χ0n) is 13.8. The smallest absolute Gasteiger partial charge is 0.339 e. The molecule has 0 amide bonds. The van der Waals surface area contributed by atoms with Crippen LogP contribution in [0.2, 0.25) is 0 Å². The van der Waals surface area contributed by atoms with Crippen molar-refractivity contribution >= 4 is 22.6 Å². The van der Waals surface area contributed by atoms with Crippen molar-refractivity contribution in [1.29, 1.82) is 0 Å². The minimum absolute atomic E-state index is 0.123. The van der Waals surface area contributed by atoms with Crippen molar-refractivity contribution in [3.63, 3.8) is 0 Å². The van der Waals surface area contributed by atoms with E-state index in [4.69, 9.17) is 9.15 Å². The van der Waals surface area contributed by atoms with Crippen LogP contribution in [-0.4, -0.2) is 18.2 Å². The maximum absolute atomic E-state index is 11.8. The molecule has 6 nitrogen and oxygen atoms in total. The number of rotatable bonds is 4. The summed E-state index contributed by atoms with van der Waals surface area (Å²) >= 11 is 0. The number of para-hydroxylation sites is 1. The van der Waals surface area contributed by atoms with Gasteiger partial charge in [-0.05, 0) is 42.3 Å². The molecule has 0 bridgehead atoms. The summed E-state index contributed by atoms with van der Waals surface area (Å²) in [6.45, 7) is 2.00. The molecule has 1 heterocycles. The third-order valence-electron chi connectivity index (χ3n) is 3.95. The molecular formula is C19H17NO5. The maximum Gasteiger partial charge on any atom is 0.339 e. The van der Waals surface area contributed by atoms with Crippen molar-refractivity contribution in [1.82, 2.24) is 0 Å². The Morgan fingerprint density at radius 2 is 2.00 bits per heavy atom. The number of ether oxygens (including phenoxy) is 1. The van der Waals surface area contributed by atoms with Crippen LogP contribution in [0.1, 0.15) is 21.5 Å². The zero-order valence-corrected chi connectivity index (χ0v) is 13.8. The SMILES string of the molecule is COC(=O)c1ccccc1NCc1cc(=O)oc2cc(C)c(O)cc12. The topological polar surface area (TPSA) is 88.8 Å². The number of nitrogens with one attached hydrogen (secondary N) is 1. The van der Waals surface area contributed by atoms with Crippen molar-refractivity contribution < 1.29 is 19.1 Å². The Labute approximate surface area is 143 Å². The lowest BCUT2D eigenvalue weighted by Crippen LogP contribution is -2.10. The first-order chi connectivity index (χ1) is 12.0. The fourth-order valence-corrected chi connectivity index (χ4v) is 2.63. The molecule has 0 aliphatic heterocycles. The summed E-state index contributed by atoms with van der Waals surface area (Å²) in [5, 5.41) is 13.7. The normalized spacial score (nSPS) is 10.6. The first-order valence-electron chi connectivity index (χ1n) is 7.67. The average molecular weight is 339 g/mol. The minimum Gasteiger partial charge on any atom is -0.508 e. The lowest BCUT2D eigenvalue weighted by atomic mass is 10.1. The van der Waals surface area contributed by atoms with Gasteiger partial charge in [-0.2, -0.15) is 0 Å². The molecule has 0 aliphatic rings. The number of aryl methyl sites for hydroxylation is 1. The van der Waals surface area contributed by atoms with E-state index in [0.29, 0.717) is 33.3 Å². The zero-order chi connectivity index (χ0) is 18.0. The van der Waals surface area contributed by atoms with E-state index >= 15 is 0 Å². The van der Waals surface area contributed by atoms with Gasteiger partial charge in [0.1, 0.15) is 11.3 Å². The Morgan fingerprint density at radius 3 is 2.76 bits per heavy atom. The molecule has 0 radical (unpaired) electrons. The van der Waals surface area contributed by atoms with Crippen LogP contribution in [0, 0.1) is 6.92 Å². The highest BCUT2D eigenvalue weighted by molar-refractivity contribution is 5.95. The Morgan fingerprint density at radius 1 is 1.24 bits per heavy atom. The summed E-state index contributed by atoms with van der Waals surface area (Å²) in [5.41, 5.74) is 2.19. The van der Waals surface area contributed by atoms with Crippen LogP contribution in [0.4, 0.5) is 5.69 Å². The van der Waals surface area contributed by atoms with Crippen molar-refractivity contribution in [2.24, 2.45) is 0 Å². The molecule has 0 atom stereocenters. The Bertz CT molecular complexity index is 1010. The molecular weight excluding hydrogens is 322 g/mol. The highest BCUT2D eigenvalue weighted by Gasteiger charge is 2.13. The second kappa shape index (κ2) is 6.68. The third-order valence-corrected chi connectivity index (χ3v) is 3.95. The average Bonchev–Trinajstić information content (AvgIpc) is 2.60. The number of methoxy groups -OCH3 is 1. The monoisotopic (exact) mass is 339 g/mol. The Hall–Kier alpha value is -3.28. The molecule has 0 unspecified atom stereocenters. The summed E-state index contributed by atoms with van der Waals surface area (Å²) in [5.74, 6) is -0.327. The van der Waals surface area contributed by atoms with Gasteiger partial charge < -0.3 is 19.6 Å².